The number of halogens is 1. The van der Waals surface area contributed by atoms with E-state index in [9.17, 15) is 9.18 Å². The van der Waals surface area contributed by atoms with Crippen LogP contribution in [-0.2, 0) is 4.79 Å². The molecule has 0 radical (unpaired) electrons. The first kappa shape index (κ1) is 12.5. The lowest BCUT2D eigenvalue weighted by molar-refractivity contribution is -0.137. The minimum atomic E-state index is -0.815. The third kappa shape index (κ3) is 3.53. The van der Waals surface area contributed by atoms with Crippen LogP contribution >= 0.6 is 0 Å². The number of rotatable bonds is 5. The van der Waals surface area contributed by atoms with E-state index in [1.807, 2.05) is 6.92 Å². The van der Waals surface area contributed by atoms with Gasteiger partial charge in [-0.05, 0) is 32.4 Å². The molecule has 0 heterocycles. The molecule has 16 heavy (non-hydrogen) atoms. The summed E-state index contributed by atoms with van der Waals surface area (Å²) in [6.07, 6.45) is 0.633. The number of hydrogen-bond donors (Lipinski definition) is 2. The van der Waals surface area contributed by atoms with Crippen molar-refractivity contribution in [2.75, 3.05) is 5.32 Å². The molecule has 4 heteroatoms. The van der Waals surface area contributed by atoms with Crippen LogP contribution in [0, 0.1) is 12.7 Å². The highest BCUT2D eigenvalue weighted by Crippen LogP contribution is 2.19. The first-order chi connectivity index (χ1) is 7.50. The quantitative estimate of drug-likeness (QED) is 0.810. The molecule has 1 rings (SSSR count). The molecule has 2 N–H and O–H groups in total. The first-order valence-electron chi connectivity index (χ1n) is 5.24. The number of benzene rings is 1. The Morgan fingerprint density at radius 2 is 2.25 bits per heavy atom. The molecule has 1 aromatic rings. The lowest BCUT2D eigenvalue weighted by Crippen LogP contribution is -2.17. The zero-order chi connectivity index (χ0) is 12.1. The van der Waals surface area contributed by atoms with Crippen LogP contribution in [0.15, 0.2) is 18.2 Å². The third-order valence-electron chi connectivity index (χ3n) is 2.46. The van der Waals surface area contributed by atoms with Crippen molar-refractivity contribution in [1.82, 2.24) is 0 Å². The standard InChI is InChI=1S/C12H16FNO2/c1-8(6-7-12(15)16)14-11-5-3-4-10(13)9(11)2/h3-5,8,14H,6-7H2,1-2H3,(H,15,16). The number of carbonyl (C=O) groups is 1. The molecule has 1 aromatic carbocycles. The fourth-order valence-corrected chi connectivity index (χ4v) is 1.44. The summed E-state index contributed by atoms with van der Waals surface area (Å²) in [6, 6.07) is 4.84. The van der Waals surface area contributed by atoms with Crippen LogP contribution in [0.25, 0.3) is 0 Å². The number of hydrogen-bond acceptors (Lipinski definition) is 2. The van der Waals surface area contributed by atoms with Crippen molar-refractivity contribution in [2.24, 2.45) is 0 Å². The number of aliphatic carboxylic acids is 1. The molecule has 0 bridgehead atoms. The van der Waals surface area contributed by atoms with Crippen LogP contribution in [0.4, 0.5) is 10.1 Å². The van der Waals surface area contributed by atoms with Crippen molar-refractivity contribution in [2.45, 2.75) is 32.7 Å². The zero-order valence-corrected chi connectivity index (χ0v) is 9.46. The van der Waals surface area contributed by atoms with Gasteiger partial charge in [0, 0.05) is 23.7 Å². The molecule has 0 aliphatic rings. The molecular weight excluding hydrogens is 209 g/mol. The summed E-state index contributed by atoms with van der Waals surface area (Å²) in [5, 5.41) is 11.6. The number of carboxylic acids is 1. The Balaban J connectivity index is 2.59. The van der Waals surface area contributed by atoms with E-state index in [2.05, 4.69) is 5.32 Å². The molecule has 0 spiro atoms. The fourth-order valence-electron chi connectivity index (χ4n) is 1.44. The van der Waals surface area contributed by atoms with Crippen molar-refractivity contribution < 1.29 is 14.3 Å². The predicted molar refractivity (Wildman–Crippen MR) is 61.1 cm³/mol. The summed E-state index contributed by atoms with van der Waals surface area (Å²) in [4.78, 5) is 10.4. The van der Waals surface area contributed by atoms with E-state index >= 15 is 0 Å². The van der Waals surface area contributed by atoms with Crippen molar-refractivity contribution in [1.29, 1.82) is 0 Å². The number of anilines is 1. The van der Waals surface area contributed by atoms with Crippen molar-refractivity contribution in [3.05, 3.63) is 29.6 Å². The summed E-state index contributed by atoms with van der Waals surface area (Å²) < 4.78 is 13.2. The lowest BCUT2D eigenvalue weighted by Gasteiger charge is -2.16. The Hall–Kier alpha value is -1.58. The van der Waals surface area contributed by atoms with Crippen LogP contribution < -0.4 is 5.32 Å². The van der Waals surface area contributed by atoms with E-state index in [0.29, 0.717) is 12.0 Å². The molecule has 0 saturated carbocycles. The molecule has 0 aliphatic heterocycles. The largest absolute Gasteiger partial charge is 0.481 e. The van der Waals surface area contributed by atoms with E-state index in [1.165, 1.54) is 6.07 Å². The summed E-state index contributed by atoms with van der Waals surface area (Å²) >= 11 is 0. The van der Waals surface area contributed by atoms with Gasteiger partial charge in [0.25, 0.3) is 0 Å². The minimum absolute atomic E-state index is 0.0107. The van der Waals surface area contributed by atoms with Gasteiger partial charge in [0.15, 0.2) is 0 Å². The fraction of sp³-hybridized carbons (Fsp3) is 0.417. The predicted octanol–water partition coefficient (Wildman–Crippen LogP) is 2.80. The van der Waals surface area contributed by atoms with Gasteiger partial charge in [0.2, 0.25) is 0 Å². The maximum atomic E-state index is 13.2. The van der Waals surface area contributed by atoms with E-state index in [0.717, 1.165) is 5.69 Å². The van der Waals surface area contributed by atoms with Gasteiger partial charge < -0.3 is 10.4 Å². The molecule has 0 aliphatic carbocycles. The molecule has 0 fully saturated rings. The number of nitrogens with one attached hydrogen (secondary N) is 1. The highest BCUT2D eigenvalue weighted by atomic mass is 19.1. The van der Waals surface area contributed by atoms with Gasteiger partial charge in [0.1, 0.15) is 5.82 Å². The van der Waals surface area contributed by atoms with Crippen LogP contribution in [0.3, 0.4) is 0 Å². The first-order valence-corrected chi connectivity index (χ1v) is 5.24. The normalized spacial score (nSPS) is 12.2. The maximum absolute atomic E-state index is 13.2. The highest BCUT2D eigenvalue weighted by Gasteiger charge is 2.08. The highest BCUT2D eigenvalue weighted by molar-refractivity contribution is 5.66. The lowest BCUT2D eigenvalue weighted by atomic mass is 10.1. The molecule has 1 unspecified atom stereocenters. The van der Waals surface area contributed by atoms with E-state index < -0.39 is 5.97 Å². The van der Waals surface area contributed by atoms with Crippen molar-refractivity contribution in [3.8, 4) is 0 Å². The average molecular weight is 225 g/mol. The molecule has 3 nitrogen and oxygen atoms in total. The zero-order valence-electron chi connectivity index (χ0n) is 9.46. The topological polar surface area (TPSA) is 49.3 Å². The average Bonchev–Trinajstić information content (AvgIpc) is 2.22. The second-order valence-corrected chi connectivity index (χ2v) is 3.89. The molecular formula is C12H16FNO2. The van der Waals surface area contributed by atoms with Gasteiger partial charge in [-0.15, -0.1) is 0 Å². The van der Waals surface area contributed by atoms with Crippen molar-refractivity contribution in [3.63, 3.8) is 0 Å². The third-order valence-corrected chi connectivity index (χ3v) is 2.46. The van der Waals surface area contributed by atoms with Gasteiger partial charge in [-0.2, -0.15) is 0 Å². The molecule has 0 saturated heterocycles. The Bertz CT molecular complexity index is 379. The van der Waals surface area contributed by atoms with Gasteiger partial charge >= 0.3 is 5.97 Å². The SMILES string of the molecule is Cc1c(F)cccc1NC(C)CCC(=O)O. The summed E-state index contributed by atoms with van der Waals surface area (Å²) in [6.45, 7) is 3.58. The van der Waals surface area contributed by atoms with E-state index in [4.69, 9.17) is 5.11 Å². The van der Waals surface area contributed by atoms with Crippen LogP contribution in [0.1, 0.15) is 25.3 Å². The minimum Gasteiger partial charge on any atom is -0.481 e. The molecule has 0 amide bonds. The second kappa shape index (κ2) is 5.49. The van der Waals surface area contributed by atoms with Gasteiger partial charge in [-0.1, -0.05) is 6.07 Å². The van der Waals surface area contributed by atoms with E-state index in [-0.39, 0.29) is 18.3 Å². The van der Waals surface area contributed by atoms with Crippen LogP contribution in [0.5, 0.6) is 0 Å². The van der Waals surface area contributed by atoms with Crippen molar-refractivity contribution >= 4 is 11.7 Å². The van der Waals surface area contributed by atoms with Gasteiger partial charge in [0.05, 0.1) is 0 Å². The second-order valence-electron chi connectivity index (χ2n) is 3.89. The summed E-state index contributed by atoms with van der Waals surface area (Å²) in [5.74, 6) is -1.07. The smallest absolute Gasteiger partial charge is 0.303 e. The number of carboxylic acid groups (broad SMARTS) is 1. The monoisotopic (exact) mass is 225 g/mol. The van der Waals surface area contributed by atoms with E-state index in [1.54, 1.807) is 19.1 Å². The van der Waals surface area contributed by atoms with Crippen LogP contribution in [0.2, 0.25) is 0 Å². The van der Waals surface area contributed by atoms with Gasteiger partial charge in [-0.3, -0.25) is 4.79 Å². The Kier molecular flexibility index (Phi) is 4.28. The Morgan fingerprint density at radius 1 is 1.56 bits per heavy atom. The summed E-state index contributed by atoms with van der Waals surface area (Å²) in [5.41, 5.74) is 1.28. The summed E-state index contributed by atoms with van der Waals surface area (Å²) in [7, 11) is 0. The molecule has 0 aromatic heterocycles. The Labute approximate surface area is 94.3 Å². The van der Waals surface area contributed by atoms with Gasteiger partial charge in [-0.25, -0.2) is 4.39 Å². The van der Waals surface area contributed by atoms with Crippen LogP contribution in [-0.4, -0.2) is 17.1 Å². The Morgan fingerprint density at radius 3 is 2.88 bits per heavy atom. The molecule has 1 atom stereocenters. The maximum Gasteiger partial charge on any atom is 0.303 e. The molecule has 88 valence electrons.